The fourth-order valence-electron chi connectivity index (χ4n) is 6.87. The maximum absolute atomic E-state index is 14.1. The molecule has 0 radical (unpaired) electrons. The first-order chi connectivity index (χ1) is 23.7. The van der Waals surface area contributed by atoms with Crippen molar-refractivity contribution in [2.24, 2.45) is 23.2 Å². The van der Waals surface area contributed by atoms with Gasteiger partial charge in [0.1, 0.15) is 25.3 Å². The largest absolute Gasteiger partial charge is 0.471 e. The molecule has 4 amide bonds. The molecule has 0 aromatic heterocycles. The summed E-state index contributed by atoms with van der Waals surface area (Å²) in [6.45, 7) is 3.59. The molecular weight excluding hydrogens is 661 g/mol. The molecule has 2 aromatic rings. The van der Waals surface area contributed by atoms with E-state index in [1.165, 1.54) is 5.32 Å². The molecule has 1 unspecified atom stereocenters. The number of likely N-dealkylation sites (tertiary alicyclic amines) is 1. The second-order valence-corrected chi connectivity index (χ2v) is 13.4. The molecule has 5 rings (SSSR count). The number of carbonyl (C=O) groups is 6. The standard InChI is InChI=1S/C35H39F3N4O8/c1-34(2)23-17-42(30(45)26(41-33(48)35(36,37)38)32(47)50-19-21-12-7-4-8-13-21)27(25(23)34)29(44)40-24(16-22-14-9-15-39-28(22)43)31(46)49-18-20-10-5-3-6-11-20/h3-8,10-13,22-27H,9,14-19H2,1-2H3,(H,39,43)(H,40,44)(H,41,48)/t22-,23-,24-,25-,26?,27-/m0/s1. The SMILES string of the molecule is CC1(C)[C@@H]2[C@@H](C(=O)N[C@@H](C[C@@H]3CCCNC3=O)C(=O)OCc3ccccc3)N(C(=O)C(NC(=O)C(F)(F)F)C(=O)OCc3ccccc3)C[C@@H]21. The van der Waals surface area contributed by atoms with Crippen molar-refractivity contribution in [2.75, 3.05) is 13.1 Å². The van der Waals surface area contributed by atoms with Crippen LogP contribution in [0.4, 0.5) is 13.2 Å². The Bertz CT molecular complexity index is 1600. The number of alkyl halides is 3. The highest BCUT2D eigenvalue weighted by molar-refractivity contribution is 6.07. The lowest BCUT2D eigenvalue weighted by Crippen LogP contribution is -2.60. The van der Waals surface area contributed by atoms with Gasteiger partial charge in [0.25, 0.3) is 5.91 Å². The predicted octanol–water partition coefficient (Wildman–Crippen LogP) is 2.40. The number of fused-ring (bicyclic) bond motifs is 1. The Balaban J connectivity index is 1.37. The Morgan fingerprint density at radius 1 is 0.920 bits per heavy atom. The molecule has 268 valence electrons. The van der Waals surface area contributed by atoms with Gasteiger partial charge in [-0.1, -0.05) is 74.5 Å². The van der Waals surface area contributed by atoms with Gasteiger partial charge in [0.2, 0.25) is 17.9 Å². The Hall–Kier alpha value is -4.95. The quantitative estimate of drug-likeness (QED) is 0.225. The summed E-state index contributed by atoms with van der Waals surface area (Å²) < 4.78 is 50.6. The molecule has 1 saturated carbocycles. The number of benzene rings is 2. The van der Waals surface area contributed by atoms with E-state index in [-0.39, 0.29) is 31.4 Å². The summed E-state index contributed by atoms with van der Waals surface area (Å²) in [4.78, 5) is 80.1. The average Bonchev–Trinajstić information content (AvgIpc) is 3.39. The lowest BCUT2D eigenvalue weighted by molar-refractivity contribution is -0.177. The third kappa shape index (κ3) is 8.25. The van der Waals surface area contributed by atoms with E-state index in [2.05, 4.69) is 10.6 Å². The van der Waals surface area contributed by atoms with Crippen molar-refractivity contribution >= 4 is 35.6 Å². The number of hydrogen-bond donors (Lipinski definition) is 3. The van der Waals surface area contributed by atoms with Crippen LogP contribution in [-0.2, 0) is 51.5 Å². The minimum absolute atomic E-state index is 0.0978. The molecule has 6 atom stereocenters. The normalized spacial score (nSPS) is 23.4. The van der Waals surface area contributed by atoms with Gasteiger partial charge in [0, 0.05) is 19.0 Å². The van der Waals surface area contributed by atoms with Crippen molar-refractivity contribution in [3.8, 4) is 0 Å². The Labute approximate surface area is 286 Å². The zero-order valence-corrected chi connectivity index (χ0v) is 27.5. The summed E-state index contributed by atoms with van der Waals surface area (Å²) in [5.74, 6) is -8.53. The van der Waals surface area contributed by atoms with Crippen molar-refractivity contribution in [2.45, 2.75) is 70.6 Å². The second kappa shape index (κ2) is 14.9. The summed E-state index contributed by atoms with van der Waals surface area (Å²) >= 11 is 0. The van der Waals surface area contributed by atoms with Gasteiger partial charge < -0.3 is 30.3 Å². The van der Waals surface area contributed by atoms with Gasteiger partial charge in [0.15, 0.2) is 0 Å². The van der Waals surface area contributed by atoms with Crippen molar-refractivity contribution in [3.63, 3.8) is 0 Å². The van der Waals surface area contributed by atoms with Crippen LogP contribution in [0, 0.1) is 23.2 Å². The van der Waals surface area contributed by atoms with E-state index in [1.54, 1.807) is 60.7 Å². The minimum Gasteiger partial charge on any atom is -0.459 e. The van der Waals surface area contributed by atoms with Gasteiger partial charge in [-0.25, -0.2) is 9.59 Å². The number of nitrogens with one attached hydrogen (secondary N) is 3. The number of carbonyl (C=O) groups excluding carboxylic acids is 6. The first-order valence-corrected chi connectivity index (χ1v) is 16.4. The number of hydrogen-bond acceptors (Lipinski definition) is 8. The highest BCUT2D eigenvalue weighted by Crippen LogP contribution is 2.65. The third-order valence-corrected chi connectivity index (χ3v) is 9.74. The third-order valence-electron chi connectivity index (χ3n) is 9.74. The van der Waals surface area contributed by atoms with Gasteiger partial charge >= 0.3 is 24.0 Å². The summed E-state index contributed by atoms with van der Waals surface area (Å²) in [7, 11) is 0. The van der Waals surface area contributed by atoms with Crippen molar-refractivity contribution in [3.05, 3.63) is 71.8 Å². The van der Waals surface area contributed by atoms with E-state index in [4.69, 9.17) is 9.47 Å². The van der Waals surface area contributed by atoms with Crippen molar-refractivity contribution < 1.29 is 51.4 Å². The van der Waals surface area contributed by atoms with Crippen LogP contribution in [0.25, 0.3) is 0 Å². The highest BCUT2D eigenvalue weighted by Gasteiger charge is 2.70. The van der Waals surface area contributed by atoms with E-state index >= 15 is 0 Å². The predicted molar refractivity (Wildman–Crippen MR) is 169 cm³/mol. The summed E-state index contributed by atoms with van der Waals surface area (Å²) in [5, 5.41) is 6.85. The molecule has 3 fully saturated rings. The van der Waals surface area contributed by atoms with Crippen LogP contribution < -0.4 is 16.0 Å². The number of rotatable bonds is 12. The summed E-state index contributed by atoms with van der Waals surface area (Å²) in [5.41, 5.74) is 0.694. The first-order valence-electron chi connectivity index (χ1n) is 16.4. The molecule has 50 heavy (non-hydrogen) atoms. The highest BCUT2D eigenvalue weighted by atomic mass is 19.4. The van der Waals surface area contributed by atoms with Gasteiger partial charge in [-0.15, -0.1) is 0 Å². The second-order valence-electron chi connectivity index (χ2n) is 13.4. The Kier molecular flexibility index (Phi) is 10.8. The molecule has 0 bridgehead atoms. The number of ether oxygens (including phenoxy) is 2. The zero-order valence-electron chi connectivity index (χ0n) is 27.5. The van der Waals surface area contributed by atoms with Crippen LogP contribution in [0.1, 0.15) is 44.2 Å². The topological polar surface area (TPSA) is 160 Å². The zero-order chi connectivity index (χ0) is 36.2. The van der Waals surface area contributed by atoms with Crippen LogP contribution in [0.5, 0.6) is 0 Å². The van der Waals surface area contributed by atoms with Crippen LogP contribution in [0.2, 0.25) is 0 Å². The van der Waals surface area contributed by atoms with Crippen LogP contribution in [0.3, 0.4) is 0 Å². The molecule has 2 saturated heterocycles. The molecule has 2 aromatic carbocycles. The van der Waals surface area contributed by atoms with E-state index < -0.39 is 77.8 Å². The van der Waals surface area contributed by atoms with Crippen LogP contribution in [0.15, 0.2) is 60.7 Å². The van der Waals surface area contributed by atoms with E-state index in [9.17, 15) is 41.9 Å². The molecule has 0 spiro atoms. The lowest BCUT2D eigenvalue weighted by atomic mass is 9.91. The van der Waals surface area contributed by atoms with E-state index in [0.29, 0.717) is 30.5 Å². The van der Waals surface area contributed by atoms with Crippen molar-refractivity contribution in [1.29, 1.82) is 0 Å². The van der Waals surface area contributed by atoms with Crippen molar-refractivity contribution in [1.82, 2.24) is 20.9 Å². The van der Waals surface area contributed by atoms with Gasteiger partial charge in [-0.2, -0.15) is 13.2 Å². The maximum atomic E-state index is 14.1. The van der Waals surface area contributed by atoms with E-state index in [0.717, 1.165) is 4.90 Å². The molecule has 12 nitrogen and oxygen atoms in total. The van der Waals surface area contributed by atoms with Crippen LogP contribution in [-0.4, -0.2) is 77.9 Å². The molecule has 3 aliphatic rings. The van der Waals surface area contributed by atoms with Gasteiger partial charge in [0.05, 0.1) is 0 Å². The minimum atomic E-state index is -5.43. The monoisotopic (exact) mass is 700 g/mol. The fourth-order valence-corrected chi connectivity index (χ4v) is 6.87. The maximum Gasteiger partial charge on any atom is 0.471 e. The number of halogens is 3. The Morgan fingerprint density at radius 3 is 2.06 bits per heavy atom. The average molecular weight is 701 g/mol. The molecule has 1 aliphatic carbocycles. The first kappa shape index (κ1) is 36.3. The summed E-state index contributed by atoms with van der Waals surface area (Å²) in [6.07, 6.45) is -4.41. The van der Waals surface area contributed by atoms with Gasteiger partial charge in [-0.05, 0) is 47.6 Å². The number of nitrogens with zero attached hydrogens (tertiary/aromatic N) is 1. The van der Waals surface area contributed by atoms with Crippen LogP contribution >= 0.6 is 0 Å². The number of piperidine rings is 2. The molecule has 2 heterocycles. The smallest absolute Gasteiger partial charge is 0.459 e. The lowest BCUT2D eigenvalue weighted by Gasteiger charge is -2.33. The Morgan fingerprint density at radius 2 is 1.50 bits per heavy atom. The molecule has 3 N–H and O–H groups in total. The van der Waals surface area contributed by atoms with Gasteiger partial charge in [-0.3, -0.25) is 19.2 Å². The molecule has 15 heteroatoms. The number of amides is 4. The molecule has 2 aliphatic heterocycles. The molecular formula is C35H39F3N4O8. The number of esters is 2. The van der Waals surface area contributed by atoms with E-state index in [1.807, 2.05) is 13.8 Å². The summed E-state index contributed by atoms with van der Waals surface area (Å²) in [6, 6.07) is 11.9. The fraction of sp³-hybridized carbons (Fsp3) is 0.486.